The lowest BCUT2D eigenvalue weighted by molar-refractivity contribution is 0.529. The highest BCUT2D eigenvalue weighted by atomic mass is 32.2. The van der Waals surface area contributed by atoms with Gasteiger partial charge in [0.25, 0.3) is 0 Å². The van der Waals surface area contributed by atoms with Gasteiger partial charge in [-0.15, -0.1) is 11.3 Å². The Morgan fingerprint density at radius 3 is 3.08 bits per heavy atom. The molecule has 0 bridgehead atoms. The summed E-state index contributed by atoms with van der Waals surface area (Å²) < 4.78 is 22.6. The van der Waals surface area contributed by atoms with Crippen LogP contribution in [-0.4, -0.2) is 31.5 Å². The molecule has 2 rings (SSSR count). The summed E-state index contributed by atoms with van der Waals surface area (Å²) in [5.41, 5.74) is 0. The summed E-state index contributed by atoms with van der Waals surface area (Å²) >= 11 is 1.49. The van der Waals surface area contributed by atoms with E-state index in [1.165, 1.54) is 11.3 Å². The lowest BCUT2D eigenvalue weighted by Crippen LogP contribution is -2.39. The molecule has 1 aliphatic rings. The fraction of sp³-hybridized carbons (Fsp3) is 0.571. The Bertz CT molecular complexity index is 371. The largest absolute Gasteiger partial charge is 0.306 e. The maximum atomic E-state index is 11.3. The third-order valence-corrected chi connectivity index (χ3v) is 4.53. The monoisotopic (exact) mass is 218 g/mol. The van der Waals surface area contributed by atoms with E-state index in [1.807, 2.05) is 5.38 Å². The first kappa shape index (κ1) is 9.11. The van der Waals surface area contributed by atoms with Crippen LogP contribution < -0.4 is 5.32 Å². The number of hydrogen-bond acceptors (Lipinski definition) is 5. The van der Waals surface area contributed by atoms with Crippen LogP contribution in [0, 0.1) is 0 Å². The van der Waals surface area contributed by atoms with Crippen LogP contribution in [-0.2, 0) is 9.84 Å². The number of rotatable bonds is 1. The molecule has 0 spiro atoms. The summed E-state index contributed by atoms with van der Waals surface area (Å²) in [6, 6.07) is -0.0984. The van der Waals surface area contributed by atoms with E-state index in [9.17, 15) is 8.42 Å². The molecule has 1 aliphatic heterocycles. The number of hydrogen-bond donors (Lipinski definition) is 1. The van der Waals surface area contributed by atoms with Crippen LogP contribution in [0.2, 0.25) is 0 Å². The summed E-state index contributed by atoms with van der Waals surface area (Å²) in [5, 5.41) is 5.87. The van der Waals surface area contributed by atoms with Crippen molar-refractivity contribution in [3.63, 3.8) is 0 Å². The molecule has 1 aromatic heterocycles. The third kappa shape index (κ3) is 2.07. The standard InChI is InChI=1S/C7H10N2O2S2/c10-13(11)4-2-8-6(5-13)7-9-1-3-12-7/h1,3,6,8H,2,4-5H2. The highest BCUT2D eigenvalue weighted by Crippen LogP contribution is 2.20. The lowest BCUT2D eigenvalue weighted by Gasteiger charge is -2.21. The molecule has 1 saturated heterocycles. The topological polar surface area (TPSA) is 59.1 Å². The van der Waals surface area contributed by atoms with Gasteiger partial charge in [0.2, 0.25) is 0 Å². The van der Waals surface area contributed by atoms with Crippen LogP contribution in [0.1, 0.15) is 11.0 Å². The molecule has 2 heterocycles. The normalized spacial score (nSPS) is 27.2. The Morgan fingerprint density at radius 1 is 1.62 bits per heavy atom. The Balaban J connectivity index is 2.18. The Labute approximate surface area is 80.9 Å². The predicted octanol–water partition coefficient (Wildman–Crippen LogP) is 0.202. The van der Waals surface area contributed by atoms with Gasteiger partial charge in [0.15, 0.2) is 9.84 Å². The van der Waals surface area contributed by atoms with Crippen LogP contribution in [0.4, 0.5) is 0 Å². The summed E-state index contributed by atoms with van der Waals surface area (Å²) in [6.45, 7) is 0.534. The van der Waals surface area contributed by atoms with Gasteiger partial charge in [-0.2, -0.15) is 0 Å². The average Bonchev–Trinajstić information content (AvgIpc) is 2.53. The van der Waals surface area contributed by atoms with Gasteiger partial charge >= 0.3 is 0 Å². The van der Waals surface area contributed by atoms with E-state index in [1.54, 1.807) is 6.20 Å². The van der Waals surface area contributed by atoms with Crippen LogP contribution in [0.5, 0.6) is 0 Å². The van der Waals surface area contributed by atoms with Crippen LogP contribution in [0.3, 0.4) is 0 Å². The number of aromatic nitrogens is 1. The number of nitrogens with zero attached hydrogens (tertiary/aromatic N) is 1. The molecular formula is C7H10N2O2S2. The van der Waals surface area contributed by atoms with E-state index in [-0.39, 0.29) is 17.5 Å². The second-order valence-electron chi connectivity index (χ2n) is 2.99. The molecule has 0 aliphatic carbocycles. The zero-order valence-corrected chi connectivity index (χ0v) is 8.57. The molecule has 1 aromatic rings. The van der Waals surface area contributed by atoms with Crippen molar-refractivity contribution in [2.75, 3.05) is 18.1 Å². The minimum Gasteiger partial charge on any atom is -0.306 e. The fourth-order valence-electron chi connectivity index (χ4n) is 1.35. The Morgan fingerprint density at radius 2 is 2.46 bits per heavy atom. The minimum atomic E-state index is -2.85. The second kappa shape index (κ2) is 3.36. The summed E-state index contributed by atoms with van der Waals surface area (Å²) in [4.78, 5) is 4.10. The summed E-state index contributed by atoms with van der Waals surface area (Å²) in [5.74, 6) is 0.426. The zero-order chi connectivity index (χ0) is 9.31. The fourth-order valence-corrected chi connectivity index (χ4v) is 3.55. The highest BCUT2D eigenvalue weighted by molar-refractivity contribution is 7.91. The van der Waals surface area contributed by atoms with Crippen molar-refractivity contribution in [1.29, 1.82) is 0 Å². The second-order valence-corrected chi connectivity index (χ2v) is 6.15. The zero-order valence-electron chi connectivity index (χ0n) is 6.93. The van der Waals surface area contributed by atoms with Gasteiger partial charge in [0, 0.05) is 18.1 Å². The minimum absolute atomic E-state index is 0.0984. The first-order valence-electron chi connectivity index (χ1n) is 4.00. The summed E-state index contributed by atoms with van der Waals surface area (Å²) in [6.07, 6.45) is 1.70. The number of sulfone groups is 1. The molecule has 6 heteroatoms. The Hall–Kier alpha value is -0.460. The number of thiazole rings is 1. The SMILES string of the molecule is O=S1(=O)CCNC(c2nccs2)C1. The smallest absolute Gasteiger partial charge is 0.153 e. The molecule has 1 fully saturated rings. The molecule has 0 amide bonds. The van der Waals surface area contributed by atoms with E-state index < -0.39 is 9.84 Å². The maximum Gasteiger partial charge on any atom is 0.153 e. The van der Waals surface area contributed by atoms with Crippen LogP contribution in [0.15, 0.2) is 11.6 Å². The van der Waals surface area contributed by atoms with Gasteiger partial charge in [0.1, 0.15) is 5.01 Å². The van der Waals surface area contributed by atoms with Crippen molar-refractivity contribution in [3.05, 3.63) is 16.6 Å². The van der Waals surface area contributed by atoms with E-state index in [4.69, 9.17) is 0 Å². The highest BCUT2D eigenvalue weighted by Gasteiger charge is 2.26. The molecule has 4 nitrogen and oxygen atoms in total. The van der Waals surface area contributed by atoms with Gasteiger partial charge in [-0.3, -0.25) is 0 Å². The molecule has 0 saturated carbocycles. The molecule has 0 radical (unpaired) electrons. The summed E-state index contributed by atoms with van der Waals surface area (Å²) in [7, 11) is -2.85. The van der Waals surface area contributed by atoms with E-state index in [2.05, 4.69) is 10.3 Å². The quantitative estimate of drug-likeness (QED) is 0.731. The van der Waals surface area contributed by atoms with Crippen molar-refractivity contribution in [1.82, 2.24) is 10.3 Å². The molecule has 13 heavy (non-hydrogen) atoms. The predicted molar refractivity (Wildman–Crippen MR) is 51.5 cm³/mol. The molecular weight excluding hydrogens is 208 g/mol. The van der Waals surface area contributed by atoms with Crippen molar-refractivity contribution in [2.24, 2.45) is 0 Å². The molecule has 1 N–H and O–H groups in total. The van der Waals surface area contributed by atoms with Crippen molar-refractivity contribution in [3.8, 4) is 0 Å². The van der Waals surface area contributed by atoms with Gasteiger partial charge < -0.3 is 5.32 Å². The van der Waals surface area contributed by atoms with E-state index >= 15 is 0 Å². The first-order valence-corrected chi connectivity index (χ1v) is 6.71. The van der Waals surface area contributed by atoms with Crippen molar-refractivity contribution < 1.29 is 8.42 Å². The average molecular weight is 218 g/mol. The van der Waals surface area contributed by atoms with Gasteiger partial charge in [-0.25, -0.2) is 13.4 Å². The first-order chi connectivity index (χ1) is 6.17. The van der Waals surface area contributed by atoms with Crippen molar-refractivity contribution in [2.45, 2.75) is 6.04 Å². The molecule has 0 aromatic carbocycles. The molecule has 1 unspecified atom stereocenters. The van der Waals surface area contributed by atoms with Crippen molar-refractivity contribution >= 4 is 21.2 Å². The van der Waals surface area contributed by atoms with Gasteiger partial charge in [-0.05, 0) is 0 Å². The lowest BCUT2D eigenvalue weighted by atomic mass is 10.3. The van der Waals surface area contributed by atoms with Crippen LogP contribution in [0.25, 0.3) is 0 Å². The Kier molecular flexibility index (Phi) is 2.35. The maximum absolute atomic E-state index is 11.3. The third-order valence-electron chi connectivity index (χ3n) is 1.97. The van der Waals surface area contributed by atoms with Gasteiger partial charge in [-0.1, -0.05) is 0 Å². The number of nitrogens with one attached hydrogen (secondary N) is 1. The van der Waals surface area contributed by atoms with E-state index in [0.717, 1.165) is 5.01 Å². The molecule has 1 atom stereocenters. The van der Waals surface area contributed by atoms with E-state index in [0.29, 0.717) is 6.54 Å². The molecule has 72 valence electrons. The van der Waals surface area contributed by atoms with Gasteiger partial charge in [0.05, 0.1) is 17.5 Å². The van der Waals surface area contributed by atoms with Crippen LogP contribution >= 0.6 is 11.3 Å².